The number of amides is 1. The maximum absolute atomic E-state index is 12.6. The van der Waals surface area contributed by atoms with Gasteiger partial charge in [0.05, 0.1) is 12.6 Å². The Bertz CT molecular complexity index is 650. The molecule has 260 valence electrons. The minimum absolute atomic E-state index is 0.0740. The van der Waals surface area contributed by atoms with E-state index in [1.165, 1.54) is 148 Å². The van der Waals surface area contributed by atoms with E-state index < -0.39 is 12.1 Å². The predicted molar refractivity (Wildman–Crippen MR) is 189 cm³/mol. The third-order valence-electron chi connectivity index (χ3n) is 8.80. The molecule has 2 atom stereocenters. The molecule has 0 aliphatic heterocycles. The molecule has 0 aromatic carbocycles. The first-order chi connectivity index (χ1) is 21.6. The lowest BCUT2D eigenvalue weighted by molar-refractivity contribution is -0.149. The summed E-state index contributed by atoms with van der Waals surface area (Å²) in [6.07, 6.45) is 38.8. The van der Waals surface area contributed by atoms with Crippen molar-refractivity contribution in [2.45, 2.75) is 219 Å². The number of aliphatic hydroxyl groups excluding tert-OH is 1. The molecule has 0 heterocycles. The second kappa shape index (κ2) is 34.5. The van der Waals surface area contributed by atoms with E-state index in [2.05, 4.69) is 19.2 Å². The Hall–Kier alpha value is -1.36. The van der Waals surface area contributed by atoms with Crippen molar-refractivity contribution < 1.29 is 19.4 Å². The lowest BCUT2D eigenvalue weighted by atomic mass is 10.0. The zero-order chi connectivity index (χ0) is 32.4. The maximum Gasteiger partial charge on any atom is 0.306 e. The lowest BCUT2D eigenvalue weighted by Crippen LogP contribution is -2.46. The van der Waals surface area contributed by atoms with Crippen molar-refractivity contribution in [3.05, 3.63) is 12.2 Å². The molecule has 0 saturated heterocycles. The van der Waals surface area contributed by atoms with Crippen molar-refractivity contribution in [2.24, 2.45) is 0 Å². The van der Waals surface area contributed by atoms with E-state index in [-0.39, 0.29) is 24.9 Å². The standard InChI is InChI=1S/C39H75NO4/c1-4-7-9-11-13-15-17-19-20-22-24-26-28-30-32-34-38(42)40-36(35-41)37(44-39(43)6-3)33-31-29-27-25-23-21-18-16-14-12-10-8-5-2/h31,33,36-37,41H,4-30,32,34-35H2,1-3H3,(H,40,42)/b33-31+/t36-,37+/m0/s1. The van der Waals surface area contributed by atoms with Crippen molar-refractivity contribution >= 4 is 11.9 Å². The van der Waals surface area contributed by atoms with E-state index in [4.69, 9.17) is 4.74 Å². The summed E-state index contributed by atoms with van der Waals surface area (Å²) in [4.78, 5) is 24.6. The zero-order valence-corrected chi connectivity index (χ0v) is 29.7. The van der Waals surface area contributed by atoms with Gasteiger partial charge in [0.2, 0.25) is 5.91 Å². The fourth-order valence-electron chi connectivity index (χ4n) is 5.81. The van der Waals surface area contributed by atoms with Crippen LogP contribution in [0.1, 0.15) is 207 Å². The van der Waals surface area contributed by atoms with Gasteiger partial charge in [0, 0.05) is 12.8 Å². The van der Waals surface area contributed by atoms with Crippen LogP contribution in [-0.4, -0.2) is 35.7 Å². The lowest BCUT2D eigenvalue weighted by Gasteiger charge is -2.24. The van der Waals surface area contributed by atoms with Crippen LogP contribution in [0.25, 0.3) is 0 Å². The van der Waals surface area contributed by atoms with Crippen LogP contribution in [0.3, 0.4) is 0 Å². The first-order valence-electron chi connectivity index (χ1n) is 19.3. The first kappa shape index (κ1) is 42.6. The Labute approximate surface area is 274 Å². The first-order valence-corrected chi connectivity index (χ1v) is 19.3. The SMILES string of the molecule is CCCCCCCCCCCCC/C=C/[C@@H](OC(=O)CC)[C@H](CO)NC(=O)CCCCCCCCCCCCCCCCC. The Morgan fingerprint density at radius 1 is 0.591 bits per heavy atom. The molecule has 2 N–H and O–H groups in total. The predicted octanol–water partition coefficient (Wildman–Crippen LogP) is 11.3. The number of esters is 1. The Morgan fingerprint density at radius 2 is 0.977 bits per heavy atom. The van der Waals surface area contributed by atoms with E-state index in [0.29, 0.717) is 6.42 Å². The maximum atomic E-state index is 12.6. The number of unbranched alkanes of at least 4 members (excludes halogenated alkanes) is 25. The Morgan fingerprint density at radius 3 is 1.36 bits per heavy atom. The number of aliphatic hydroxyl groups is 1. The van der Waals surface area contributed by atoms with Gasteiger partial charge in [-0.05, 0) is 25.3 Å². The fourth-order valence-corrected chi connectivity index (χ4v) is 5.81. The van der Waals surface area contributed by atoms with Crippen molar-refractivity contribution in [3.63, 3.8) is 0 Å². The third-order valence-corrected chi connectivity index (χ3v) is 8.80. The van der Waals surface area contributed by atoms with Gasteiger partial charge in [0.1, 0.15) is 6.10 Å². The van der Waals surface area contributed by atoms with Crippen LogP contribution in [0, 0.1) is 0 Å². The van der Waals surface area contributed by atoms with E-state index in [9.17, 15) is 14.7 Å². The molecule has 44 heavy (non-hydrogen) atoms. The summed E-state index contributed by atoms with van der Waals surface area (Å²) in [5.74, 6) is -0.389. The molecule has 0 aromatic heterocycles. The third kappa shape index (κ3) is 29.4. The number of carbonyl (C=O) groups excluding carboxylic acids is 2. The number of allylic oxidation sites excluding steroid dienone is 1. The monoisotopic (exact) mass is 622 g/mol. The Balaban J connectivity index is 4.05. The van der Waals surface area contributed by atoms with Gasteiger partial charge in [-0.15, -0.1) is 0 Å². The number of hydrogen-bond donors (Lipinski definition) is 2. The molecular weight excluding hydrogens is 546 g/mol. The minimum Gasteiger partial charge on any atom is -0.456 e. The molecule has 0 aromatic rings. The molecule has 0 aliphatic carbocycles. The summed E-state index contributed by atoms with van der Waals surface area (Å²) in [6, 6.07) is -0.608. The molecule has 0 spiro atoms. The van der Waals surface area contributed by atoms with Crippen LogP contribution in [-0.2, 0) is 14.3 Å². The van der Waals surface area contributed by atoms with Crippen LogP contribution in [0.5, 0.6) is 0 Å². The number of nitrogens with one attached hydrogen (secondary N) is 1. The van der Waals surface area contributed by atoms with Crippen LogP contribution < -0.4 is 5.32 Å². The molecular formula is C39H75NO4. The molecule has 1 amide bonds. The summed E-state index contributed by atoms with van der Waals surface area (Å²) in [6.45, 7) is 6.04. The van der Waals surface area contributed by atoms with Crippen LogP contribution >= 0.6 is 0 Å². The molecule has 5 heteroatoms. The van der Waals surface area contributed by atoms with Crippen LogP contribution in [0.4, 0.5) is 0 Å². The van der Waals surface area contributed by atoms with Gasteiger partial charge in [0.25, 0.3) is 0 Å². The number of ether oxygens (including phenoxy) is 1. The molecule has 0 aliphatic rings. The molecule has 0 radical (unpaired) electrons. The summed E-state index contributed by atoms with van der Waals surface area (Å²) in [5.41, 5.74) is 0. The highest BCUT2D eigenvalue weighted by Gasteiger charge is 2.23. The van der Waals surface area contributed by atoms with Gasteiger partial charge in [-0.25, -0.2) is 0 Å². The van der Waals surface area contributed by atoms with Gasteiger partial charge < -0.3 is 15.2 Å². The van der Waals surface area contributed by atoms with Gasteiger partial charge in [0.15, 0.2) is 0 Å². The topological polar surface area (TPSA) is 75.6 Å². The number of rotatable bonds is 34. The molecule has 0 saturated carbocycles. The summed E-state index contributed by atoms with van der Waals surface area (Å²) >= 11 is 0. The molecule has 0 unspecified atom stereocenters. The summed E-state index contributed by atoms with van der Waals surface area (Å²) in [5, 5.41) is 12.9. The van der Waals surface area contributed by atoms with Gasteiger partial charge >= 0.3 is 5.97 Å². The van der Waals surface area contributed by atoms with Gasteiger partial charge in [-0.3, -0.25) is 9.59 Å². The van der Waals surface area contributed by atoms with Gasteiger partial charge in [-0.2, -0.15) is 0 Å². The van der Waals surface area contributed by atoms with Crippen LogP contribution in [0.15, 0.2) is 12.2 Å². The van der Waals surface area contributed by atoms with Crippen LogP contribution in [0.2, 0.25) is 0 Å². The second-order valence-electron chi connectivity index (χ2n) is 13.1. The Kier molecular flexibility index (Phi) is 33.4. The summed E-state index contributed by atoms with van der Waals surface area (Å²) in [7, 11) is 0. The average Bonchev–Trinajstić information content (AvgIpc) is 3.03. The van der Waals surface area contributed by atoms with Crippen molar-refractivity contribution in [1.82, 2.24) is 5.32 Å². The fraction of sp³-hybridized carbons (Fsp3) is 0.897. The highest BCUT2D eigenvalue weighted by molar-refractivity contribution is 5.76. The van der Waals surface area contributed by atoms with Crippen molar-refractivity contribution in [1.29, 1.82) is 0 Å². The molecule has 0 rings (SSSR count). The summed E-state index contributed by atoms with van der Waals surface area (Å²) < 4.78 is 5.59. The van der Waals surface area contributed by atoms with E-state index >= 15 is 0 Å². The number of hydrogen-bond acceptors (Lipinski definition) is 4. The molecule has 0 fully saturated rings. The normalized spacial score (nSPS) is 12.9. The highest BCUT2D eigenvalue weighted by atomic mass is 16.5. The van der Waals surface area contributed by atoms with Gasteiger partial charge in [-0.1, -0.05) is 181 Å². The minimum atomic E-state index is -0.634. The average molecular weight is 622 g/mol. The quantitative estimate of drug-likeness (QED) is 0.0426. The number of carbonyl (C=O) groups is 2. The molecule has 0 bridgehead atoms. The van der Waals surface area contributed by atoms with E-state index in [1.54, 1.807) is 6.92 Å². The van der Waals surface area contributed by atoms with Crippen molar-refractivity contribution in [2.75, 3.05) is 6.61 Å². The highest BCUT2D eigenvalue weighted by Crippen LogP contribution is 2.15. The van der Waals surface area contributed by atoms with E-state index in [0.717, 1.165) is 25.7 Å². The zero-order valence-electron chi connectivity index (χ0n) is 29.7. The largest absolute Gasteiger partial charge is 0.456 e. The van der Waals surface area contributed by atoms with E-state index in [1.807, 2.05) is 12.2 Å². The molecule has 5 nitrogen and oxygen atoms in total. The smallest absolute Gasteiger partial charge is 0.306 e. The second-order valence-corrected chi connectivity index (χ2v) is 13.1. The van der Waals surface area contributed by atoms with Crippen molar-refractivity contribution in [3.8, 4) is 0 Å².